The molecule has 1 aliphatic rings. The number of halogens is 4. The van der Waals surface area contributed by atoms with Crippen molar-refractivity contribution < 1.29 is 27.4 Å². The summed E-state index contributed by atoms with van der Waals surface area (Å²) in [7, 11) is 2.87. The SMILES string of the molecule is COc1cc(C(=O)N[C@H]2CCCC[C@@H]2C(F)(F)F)cc(OC)c1Br. The first-order valence-corrected chi connectivity index (χ1v) is 8.36. The minimum atomic E-state index is -4.31. The zero-order valence-corrected chi connectivity index (χ0v) is 15.0. The summed E-state index contributed by atoms with van der Waals surface area (Å²) in [6.07, 6.45) is -2.75. The maximum absolute atomic E-state index is 13.1. The number of hydrogen-bond donors (Lipinski definition) is 1. The molecule has 2 rings (SSSR count). The van der Waals surface area contributed by atoms with Crippen LogP contribution in [0.25, 0.3) is 0 Å². The molecule has 134 valence electrons. The molecule has 8 heteroatoms. The molecular formula is C16H19BrF3NO3. The molecular weight excluding hydrogens is 391 g/mol. The van der Waals surface area contributed by atoms with Gasteiger partial charge in [-0.2, -0.15) is 13.2 Å². The Balaban J connectivity index is 2.22. The van der Waals surface area contributed by atoms with E-state index in [2.05, 4.69) is 21.2 Å². The quantitative estimate of drug-likeness (QED) is 0.805. The number of methoxy groups -OCH3 is 2. The van der Waals surface area contributed by atoms with E-state index < -0.39 is 24.0 Å². The zero-order valence-electron chi connectivity index (χ0n) is 13.4. The van der Waals surface area contributed by atoms with E-state index in [1.54, 1.807) is 0 Å². The van der Waals surface area contributed by atoms with Crippen LogP contribution in [0, 0.1) is 5.92 Å². The minimum Gasteiger partial charge on any atom is -0.495 e. The molecule has 0 unspecified atom stereocenters. The van der Waals surface area contributed by atoms with Gasteiger partial charge < -0.3 is 14.8 Å². The first-order chi connectivity index (χ1) is 11.3. The standard InChI is InChI=1S/C16H19BrF3NO3/c1-23-12-7-9(8-13(24-2)14(12)17)15(22)21-11-6-4-3-5-10(11)16(18,19)20/h7-8,10-11H,3-6H2,1-2H3,(H,21,22)/t10-,11-/m0/s1. The van der Waals surface area contributed by atoms with Crippen molar-refractivity contribution in [3.05, 3.63) is 22.2 Å². The van der Waals surface area contributed by atoms with Crippen LogP contribution in [0.2, 0.25) is 0 Å². The number of ether oxygens (including phenoxy) is 2. The van der Waals surface area contributed by atoms with Gasteiger partial charge in [0, 0.05) is 11.6 Å². The molecule has 1 aliphatic carbocycles. The van der Waals surface area contributed by atoms with Crippen LogP contribution in [0.5, 0.6) is 11.5 Å². The molecule has 0 spiro atoms. The van der Waals surface area contributed by atoms with E-state index in [4.69, 9.17) is 9.47 Å². The Kier molecular flexibility index (Phi) is 6.01. The summed E-state index contributed by atoms with van der Waals surface area (Å²) in [5, 5.41) is 2.53. The van der Waals surface area contributed by atoms with Crippen LogP contribution < -0.4 is 14.8 Å². The third-order valence-corrected chi connectivity index (χ3v) is 4.99. The molecule has 4 nitrogen and oxygen atoms in total. The van der Waals surface area contributed by atoms with E-state index in [9.17, 15) is 18.0 Å². The molecule has 1 fully saturated rings. The fourth-order valence-electron chi connectivity index (χ4n) is 2.95. The molecule has 2 atom stereocenters. The summed E-state index contributed by atoms with van der Waals surface area (Å²) in [6, 6.07) is 2.02. The molecule has 1 saturated carbocycles. The number of hydrogen-bond acceptors (Lipinski definition) is 3. The highest BCUT2D eigenvalue weighted by molar-refractivity contribution is 9.10. The number of rotatable bonds is 4. The normalized spacial score (nSPS) is 21.2. The van der Waals surface area contributed by atoms with Gasteiger partial charge in [-0.15, -0.1) is 0 Å². The van der Waals surface area contributed by atoms with E-state index in [0.29, 0.717) is 35.2 Å². The summed E-state index contributed by atoms with van der Waals surface area (Å²) >= 11 is 3.29. The topological polar surface area (TPSA) is 47.6 Å². The lowest BCUT2D eigenvalue weighted by Crippen LogP contribution is -2.47. The monoisotopic (exact) mass is 409 g/mol. The van der Waals surface area contributed by atoms with E-state index in [1.165, 1.54) is 26.4 Å². The number of alkyl halides is 3. The van der Waals surface area contributed by atoms with Crippen LogP contribution in [-0.2, 0) is 0 Å². The molecule has 1 amide bonds. The second kappa shape index (κ2) is 7.63. The maximum atomic E-state index is 13.1. The number of carbonyl (C=O) groups is 1. The van der Waals surface area contributed by atoms with E-state index in [1.807, 2.05) is 0 Å². The van der Waals surface area contributed by atoms with Gasteiger partial charge in [0.2, 0.25) is 0 Å². The minimum absolute atomic E-state index is 0.0431. The van der Waals surface area contributed by atoms with Gasteiger partial charge in [-0.3, -0.25) is 4.79 Å². The maximum Gasteiger partial charge on any atom is 0.393 e. The highest BCUT2D eigenvalue weighted by atomic mass is 79.9. The number of benzene rings is 1. The van der Waals surface area contributed by atoms with Gasteiger partial charge >= 0.3 is 6.18 Å². The number of carbonyl (C=O) groups excluding carboxylic acids is 1. The molecule has 0 aromatic heterocycles. The molecule has 24 heavy (non-hydrogen) atoms. The zero-order chi connectivity index (χ0) is 17.9. The largest absolute Gasteiger partial charge is 0.495 e. The Morgan fingerprint density at radius 1 is 1.17 bits per heavy atom. The van der Waals surface area contributed by atoms with E-state index in [0.717, 1.165) is 0 Å². The van der Waals surface area contributed by atoms with Gasteiger partial charge in [0.15, 0.2) is 0 Å². The lowest BCUT2D eigenvalue weighted by atomic mass is 9.84. The van der Waals surface area contributed by atoms with Crippen molar-refractivity contribution in [1.29, 1.82) is 0 Å². The first-order valence-electron chi connectivity index (χ1n) is 7.57. The highest BCUT2D eigenvalue weighted by Crippen LogP contribution is 2.38. The van der Waals surface area contributed by atoms with Crippen molar-refractivity contribution in [3.63, 3.8) is 0 Å². The van der Waals surface area contributed by atoms with Crippen LogP contribution in [0.4, 0.5) is 13.2 Å². The van der Waals surface area contributed by atoms with Gasteiger partial charge in [0.1, 0.15) is 16.0 Å². The summed E-state index contributed by atoms with van der Waals surface area (Å²) in [5.41, 5.74) is 0.193. The van der Waals surface area contributed by atoms with Crippen LogP contribution in [-0.4, -0.2) is 32.3 Å². The Morgan fingerprint density at radius 2 is 1.71 bits per heavy atom. The van der Waals surface area contributed by atoms with Crippen LogP contribution in [0.3, 0.4) is 0 Å². The highest BCUT2D eigenvalue weighted by Gasteiger charge is 2.46. The predicted octanol–water partition coefficient (Wildman–Crippen LogP) is 4.32. The lowest BCUT2D eigenvalue weighted by molar-refractivity contribution is -0.187. The van der Waals surface area contributed by atoms with Crippen molar-refractivity contribution in [2.24, 2.45) is 5.92 Å². The van der Waals surface area contributed by atoms with Crippen molar-refractivity contribution in [2.45, 2.75) is 37.9 Å². The molecule has 0 heterocycles. The molecule has 0 radical (unpaired) electrons. The molecule has 0 bridgehead atoms. The summed E-state index contributed by atoms with van der Waals surface area (Å²) in [4.78, 5) is 12.4. The average molecular weight is 410 g/mol. The molecule has 0 aliphatic heterocycles. The van der Waals surface area contributed by atoms with E-state index in [-0.39, 0.29) is 12.0 Å². The van der Waals surface area contributed by atoms with Crippen molar-refractivity contribution >= 4 is 21.8 Å². The van der Waals surface area contributed by atoms with Gasteiger partial charge in [-0.05, 0) is 40.9 Å². The first kappa shape index (κ1) is 18.9. The second-order valence-corrected chi connectivity index (χ2v) is 6.50. The molecule has 1 aromatic rings. The van der Waals surface area contributed by atoms with Crippen molar-refractivity contribution in [2.75, 3.05) is 14.2 Å². The van der Waals surface area contributed by atoms with Gasteiger partial charge in [-0.1, -0.05) is 12.8 Å². The van der Waals surface area contributed by atoms with Gasteiger partial charge in [0.25, 0.3) is 5.91 Å². The Hall–Kier alpha value is -1.44. The van der Waals surface area contributed by atoms with Gasteiger partial charge in [-0.25, -0.2) is 0 Å². The third-order valence-electron chi connectivity index (χ3n) is 4.21. The predicted molar refractivity (Wildman–Crippen MR) is 86.5 cm³/mol. The third kappa shape index (κ3) is 4.15. The smallest absolute Gasteiger partial charge is 0.393 e. The number of nitrogens with one attached hydrogen (secondary N) is 1. The average Bonchev–Trinajstić information content (AvgIpc) is 2.54. The Morgan fingerprint density at radius 3 is 2.21 bits per heavy atom. The summed E-state index contributed by atoms with van der Waals surface area (Å²) < 4.78 is 50.3. The van der Waals surface area contributed by atoms with Crippen LogP contribution >= 0.6 is 15.9 Å². The van der Waals surface area contributed by atoms with Crippen molar-refractivity contribution in [1.82, 2.24) is 5.32 Å². The fourth-order valence-corrected chi connectivity index (χ4v) is 3.50. The number of amides is 1. The summed E-state index contributed by atoms with van der Waals surface area (Å²) in [6.45, 7) is 0. The fraction of sp³-hybridized carbons (Fsp3) is 0.562. The van der Waals surface area contributed by atoms with Gasteiger partial charge in [0.05, 0.1) is 20.1 Å². The molecule has 0 saturated heterocycles. The molecule has 1 N–H and O–H groups in total. The molecule has 1 aromatic carbocycles. The van der Waals surface area contributed by atoms with Crippen molar-refractivity contribution in [3.8, 4) is 11.5 Å². The second-order valence-electron chi connectivity index (χ2n) is 5.71. The van der Waals surface area contributed by atoms with Crippen LogP contribution in [0.15, 0.2) is 16.6 Å². The lowest BCUT2D eigenvalue weighted by Gasteiger charge is -2.33. The van der Waals surface area contributed by atoms with Crippen LogP contribution in [0.1, 0.15) is 36.0 Å². The van der Waals surface area contributed by atoms with E-state index >= 15 is 0 Å². The Labute approximate surface area is 146 Å². The Bertz CT molecular complexity index is 582. The summed E-state index contributed by atoms with van der Waals surface area (Å²) in [5.74, 6) is -1.33.